The highest BCUT2D eigenvalue weighted by Gasteiger charge is 2.28. The molecule has 22 heavy (non-hydrogen) atoms. The van der Waals surface area contributed by atoms with Crippen LogP contribution in [0.25, 0.3) is 10.9 Å². The molecule has 3 rings (SSSR count). The van der Waals surface area contributed by atoms with Gasteiger partial charge in [0.25, 0.3) is 0 Å². The Bertz CT molecular complexity index is 770. The molecule has 1 aliphatic rings. The summed E-state index contributed by atoms with van der Waals surface area (Å²) in [4.78, 5) is 11.4. The first-order chi connectivity index (χ1) is 10.7. The van der Waals surface area contributed by atoms with Crippen molar-refractivity contribution in [3.05, 3.63) is 29.5 Å². The molecule has 0 spiro atoms. The van der Waals surface area contributed by atoms with E-state index in [-0.39, 0.29) is 6.04 Å². The van der Waals surface area contributed by atoms with Crippen molar-refractivity contribution >= 4 is 17.0 Å². The molecule has 0 saturated carbocycles. The molecule has 0 radical (unpaired) electrons. The lowest BCUT2D eigenvalue weighted by Gasteiger charge is -2.13. The van der Waals surface area contributed by atoms with Crippen molar-refractivity contribution in [2.24, 2.45) is 7.05 Å². The molecule has 1 aromatic carbocycles. The molecular formula is C17H19N3O2. The number of hydrogen-bond donors (Lipinski definition) is 2. The zero-order chi connectivity index (χ0) is 15.7. The van der Waals surface area contributed by atoms with Crippen molar-refractivity contribution < 1.29 is 9.53 Å². The average molecular weight is 297 g/mol. The smallest absolute Gasteiger partial charge is 0.410 e. The van der Waals surface area contributed by atoms with Crippen LogP contribution in [0.1, 0.15) is 23.7 Å². The van der Waals surface area contributed by atoms with Crippen LogP contribution in [0, 0.1) is 12.3 Å². The highest BCUT2D eigenvalue weighted by Crippen LogP contribution is 2.39. The monoisotopic (exact) mass is 297 g/mol. The van der Waals surface area contributed by atoms with Gasteiger partial charge in [-0.25, -0.2) is 4.79 Å². The van der Waals surface area contributed by atoms with Gasteiger partial charge < -0.3 is 14.6 Å². The number of carbonyl (C=O) groups excluding carboxylic acids is 1. The number of carbonyl (C=O) groups is 1. The van der Waals surface area contributed by atoms with E-state index < -0.39 is 6.09 Å². The number of aryl methyl sites for hydroxylation is 2. The Labute approximate surface area is 129 Å². The van der Waals surface area contributed by atoms with Crippen LogP contribution in [0.3, 0.4) is 0 Å². The lowest BCUT2D eigenvalue weighted by Crippen LogP contribution is -2.22. The fourth-order valence-electron chi connectivity index (χ4n) is 3.25. The normalized spacial score (nSPS) is 16.3. The largest absolute Gasteiger partial charge is 0.412 e. The van der Waals surface area contributed by atoms with E-state index >= 15 is 0 Å². The summed E-state index contributed by atoms with van der Waals surface area (Å²) in [6.07, 6.45) is 6.92. The summed E-state index contributed by atoms with van der Waals surface area (Å²) < 4.78 is 7.43. The van der Waals surface area contributed by atoms with Gasteiger partial charge in [-0.15, -0.1) is 6.42 Å². The maximum absolute atomic E-state index is 11.4. The summed E-state index contributed by atoms with van der Waals surface area (Å²) in [7, 11) is 3.61. The quantitative estimate of drug-likeness (QED) is 0.853. The van der Waals surface area contributed by atoms with E-state index in [1.165, 1.54) is 11.3 Å². The number of nitrogens with zero attached hydrogens (tertiary/aromatic N) is 1. The van der Waals surface area contributed by atoms with E-state index in [1.54, 1.807) is 7.05 Å². The van der Waals surface area contributed by atoms with Crippen LogP contribution in [0.5, 0.6) is 5.75 Å². The number of hydrogen-bond acceptors (Lipinski definition) is 3. The van der Waals surface area contributed by atoms with Crippen LogP contribution >= 0.6 is 0 Å². The zero-order valence-electron chi connectivity index (χ0n) is 12.8. The molecule has 0 bridgehead atoms. The number of fused-ring (bicyclic) bond motifs is 3. The molecule has 1 amide bonds. The number of aromatic nitrogens is 1. The van der Waals surface area contributed by atoms with Crippen molar-refractivity contribution in [3.63, 3.8) is 0 Å². The van der Waals surface area contributed by atoms with Crippen LogP contribution in [0.4, 0.5) is 4.79 Å². The maximum atomic E-state index is 11.4. The molecule has 0 fully saturated rings. The molecule has 114 valence electrons. The number of terminal acetylenes is 1. The summed E-state index contributed by atoms with van der Waals surface area (Å²) in [6.45, 7) is 0.566. The van der Waals surface area contributed by atoms with Gasteiger partial charge in [0.2, 0.25) is 0 Å². The molecule has 1 aliphatic carbocycles. The Balaban J connectivity index is 2.01. The number of rotatable bonds is 3. The van der Waals surface area contributed by atoms with Crippen molar-refractivity contribution in [2.75, 3.05) is 13.6 Å². The fourth-order valence-corrected chi connectivity index (χ4v) is 3.25. The molecular weight excluding hydrogens is 278 g/mol. The van der Waals surface area contributed by atoms with Gasteiger partial charge in [0.1, 0.15) is 5.75 Å². The molecule has 0 saturated heterocycles. The minimum Gasteiger partial charge on any atom is -0.410 e. The topological polar surface area (TPSA) is 55.3 Å². The molecule has 0 aliphatic heterocycles. The summed E-state index contributed by atoms with van der Waals surface area (Å²) >= 11 is 0. The van der Waals surface area contributed by atoms with Crippen molar-refractivity contribution in [1.29, 1.82) is 0 Å². The summed E-state index contributed by atoms with van der Waals surface area (Å²) in [5.74, 6) is 3.19. The van der Waals surface area contributed by atoms with Crippen LogP contribution in [-0.4, -0.2) is 24.3 Å². The Morgan fingerprint density at radius 3 is 3.09 bits per heavy atom. The van der Waals surface area contributed by atoms with Gasteiger partial charge in [-0.2, -0.15) is 0 Å². The third kappa shape index (κ3) is 2.32. The van der Waals surface area contributed by atoms with Gasteiger partial charge in [0.15, 0.2) is 0 Å². The first-order valence-corrected chi connectivity index (χ1v) is 7.33. The molecule has 1 atom stereocenters. The summed E-state index contributed by atoms with van der Waals surface area (Å²) in [6, 6.07) is 6.03. The predicted molar refractivity (Wildman–Crippen MR) is 85.9 cm³/mol. The molecule has 1 unspecified atom stereocenters. The molecule has 1 heterocycles. The van der Waals surface area contributed by atoms with E-state index in [4.69, 9.17) is 11.2 Å². The second kappa shape index (κ2) is 5.74. The first kappa shape index (κ1) is 14.5. The van der Waals surface area contributed by atoms with Crippen molar-refractivity contribution in [2.45, 2.75) is 18.9 Å². The number of ether oxygens (including phenoxy) is 1. The molecule has 2 aromatic rings. The molecule has 1 aromatic heterocycles. The van der Waals surface area contributed by atoms with Gasteiger partial charge in [0, 0.05) is 36.7 Å². The number of amides is 1. The maximum Gasteiger partial charge on any atom is 0.412 e. The Kier molecular flexibility index (Phi) is 3.78. The lowest BCUT2D eigenvalue weighted by molar-refractivity contribution is 0.203. The zero-order valence-corrected chi connectivity index (χ0v) is 12.8. The lowest BCUT2D eigenvalue weighted by atomic mass is 10.1. The molecule has 2 N–H and O–H groups in total. The number of benzene rings is 1. The van der Waals surface area contributed by atoms with E-state index in [1.807, 2.05) is 18.2 Å². The fraction of sp³-hybridized carbons (Fsp3) is 0.353. The van der Waals surface area contributed by atoms with Crippen LogP contribution in [0.2, 0.25) is 0 Å². The van der Waals surface area contributed by atoms with Crippen molar-refractivity contribution in [1.82, 2.24) is 15.2 Å². The number of nitrogens with one attached hydrogen (secondary N) is 2. The van der Waals surface area contributed by atoms with Crippen molar-refractivity contribution in [3.8, 4) is 18.1 Å². The van der Waals surface area contributed by atoms with E-state index in [0.717, 1.165) is 23.7 Å². The van der Waals surface area contributed by atoms with Gasteiger partial charge in [-0.3, -0.25) is 5.32 Å². The molecule has 5 heteroatoms. The SMILES string of the molecule is C#CCNC1CCc2c1n(C)c1ccc(OC(=O)NC)cc21. The standard InChI is InChI=1S/C17H19N3O2/c1-4-9-19-14-7-6-12-13-10-11(22-17(21)18-2)5-8-15(13)20(3)16(12)14/h1,5,8,10,14,19H,6-7,9H2,2-3H3,(H,18,21). The molecule has 5 nitrogen and oxygen atoms in total. The van der Waals surface area contributed by atoms with E-state index in [2.05, 4.69) is 28.2 Å². The van der Waals surface area contributed by atoms with Crippen LogP contribution in [0.15, 0.2) is 18.2 Å². The average Bonchev–Trinajstić information content (AvgIpc) is 3.06. The van der Waals surface area contributed by atoms with E-state index in [0.29, 0.717) is 12.3 Å². The Morgan fingerprint density at radius 1 is 1.55 bits per heavy atom. The van der Waals surface area contributed by atoms with Gasteiger partial charge in [-0.1, -0.05) is 5.92 Å². The summed E-state index contributed by atoms with van der Waals surface area (Å²) in [5.41, 5.74) is 3.73. The third-order valence-electron chi connectivity index (χ3n) is 4.20. The highest BCUT2D eigenvalue weighted by molar-refractivity contribution is 5.88. The highest BCUT2D eigenvalue weighted by atomic mass is 16.5. The van der Waals surface area contributed by atoms with Gasteiger partial charge in [-0.05, 0) is 36.6 Å². The Morgan fingerprint density at radius 2 is 2.36 bits per heavy atom. The van der Waals surface area contributed by atoms with Crippen LogP contribution < -0.4 is 15.4 Å². The summed E-state index contributed by atoms with van der Waals surface area (Å²) in [5, 5.41) is 6.99. The first-order valence-electron chi connectivity index (χ1n) is 7.33. The van der Waals surface area contributed by atoms with E-state index in [9.17, 15) is 4.79 Å². The Hall–Kier alpha value is -2.45. The van der Waals surface area contributed by atoms with Crippen LogP contribution in [-0.2, 0) is 13.5 Å². The second-order valence-electron chi connectivity index (χ2n) is 5.42. The third-order valence-corrected chi connectivity index (χ3v) is 4.20. The predicted octanol–water partition coefficient (Wildman–Crippen LogP) is 2.11. The minimum atomic E-state index is -0.458. The second-order valence-corrected chi connectivity index (χ2v) is 5.42. The van der Waals surface area contributed by atoms with Gasteiger partial charge in [0.05, 0.1) is 6.54 Å². The minimum absolute atomic E-state index is 0.284. The van der Waals surface area contributed by atoms with Gasteiger partial charge >= 0.3 is 6.09 Å².